The molecule has 0 saturated carbocycles. The quantitative estimate of drug-likeness (QED) is 0.877. The van der Waals surface area contributed by atoms with Gasteiger partial charge in [0.15, 0.2) is 0 Å². The minimum Gasteiger partial charge on any atom is -0.327 e. The van der Waals surface area contributed by atoms with Crippen LogP contribution in [0.3, 0.4) is 0 Å². The normalized spacial score (nSPS) is 26.4. The summed E-state index contributed by atoms with van der Waals surface area (Å²) in [6, 6.07) is 8.94. The number of hydrogen-bond acceptors (Lipinski definition) is 2. The zero-order valence-corrected chi connectivity index (χ0v) is 11.3. The van der Waals surface area contributed by atoms with Gasteiger partial charge >= 0.3 is 0 Å². The predicted octanol–water partition coefficient (Wildman–Crippen LogP) is 2.87. The van der Waals surface area contributed by atoms with Gasteiger partial charge in [-0.05, 0) is 37.8 Å². The molecule has 3 heteroatoms. The molecule has 1 aromatic carbocycles. The number of piperidine rings is 1. The van der Waals surface area contributed by atoms with E-state index in [9.17, 15) is 0 Å². The highest BCUT2D eigenvalue weighted by Gasteiger charge is 2.28. The van der Waals surface area contributed by atoms with Gasteiger partial charge in [-0.15, -0.1) is 0 Å². The summed E-state index contributed by atoms with van der Waals surface area (Å²) in [7, 11) is 0. The van der Waals surface area contributed by atoms with Crippen molar-refractivity contribution in [2.75, 3.05) is 13.1 Å². The third-order valence-electron chi connectivity index (χ3n) is 3.59. The van der Waals surface area contributed by atoms with E-state index < -0.39 is 0 Å². The van der Waals surface area contributed by atoms with Crippen molar-refractivity contribution in [1.29, 1.82) is 0 Å². The van der Waals surface area contributed by atoms with E-state index in [1.54, 1.807) is 0 Å². The molecule has 0 radical (unpaired) electrons. The van der Waals surface area contributed by atoms with Crippen LogP contribution in [0.2, 0.25) is 5.02 Å². The fourth-order valence-electron chi connectivity index (χ4n) is 2.63. The molecule has 0 spiro atoms. The Bertz CT molecular complexity index is 378. The van der Waals surface area contributed by atoms with Crippen LogP contribution in [0.1, 0.15) is 31.7 Å². The molecule has 2 atom stereocenters. The maximum atomic E-state index is 6.27. The summed E-state index contributed by atoms with van der Waals surface area (Å²) in [5.74, 6) is 0.467. The number of nitrogens with zero attached hydrogens (tertiary/aromatic N) is 1. The third-order valence-corrected chi connectivity index (χ3v) is 3.93. The molecule has 1 fully saturated rings. The lowest BCUT2D eigenvalue weighted by atomic mass is 9.88. The van der Waals surface area contributed by atoms with Crippen LogP contribution in [-0.2, 0) is 0 Å². The summed E-state index contributed by atoms with van der Waals surface area (Å²) in [5, 5.41) is 0.871. The van der Waals surface area contributed by atoms with E-state index >= 15 is 0 Å². The molecule has 1 heterocycles. The molecule has 2 rings (SSSR count). The fraction of sp³-hybridized carbons (Fsp3) is 0.571. The van der Waals surface area contributed by atoms with Crippen molar-refractivity contribution in [1.82, 2.24) is 4.90 Å². The molecule has 17 heavy (non-hydrogen) atoms. The van der Waals surface area contributed by atoms with E-state index in [-0.39, 0.29) is 6.04 Å². The smallest absolute Gasteiger partial charge is 0.0441 e. The summed E-state index contributed by atoms with van der Waals surface area (Å²) in [5.41, 5.74) is 7.40. The van der Waals surface area contributed by atoms with Crippen LogP contribution in [0, 0.1) is 0 Å². The molecule has 2 unspecified atom stereocenters. The van der Waals surface area contributed by atoms with E-state index in [0.717, 1.165) is 24.5 Å². The van der Waals surface area contributed by atoms with Crippen LogP contribution in [0.25, 0.3) is 0 Å². The molecule has 0 aliphatic carbocycles. The van der Waals surface area contributed by atoms with Crippen molar-refractivity contribution in [3.05, 3.63) is 34.9 Å². The van der Waals surface area contributed by atoms with E-state index in [2.05, 4.69) is 30.9 Å². The summed E-state index contributed by atoms with van der Waals surface area (Å²) >= 11 is 6.27. The van der Waals surface area contributed by atoms with Gasteiger partial charge in [0.25, 0.3) is 0 Å². The van der Waals surface area contributed by atoms with Gasteiger partial charge in [0, 0.05) is 30.2 Å². The largest absolute Gasteiger partial charge is 0.327 e. The van der Waals surface area contributed by atoms with Gasteiger partial charge in [0.05, 0.1) is 0 Å². The molecule has 0 amide bonds. The van der Waals surface area contributed by atoms with Crippen LogP contribution in [-0.4, -0.2) is 30.1 Å². The Hall–Kier alpha value is -0.570. The highest BCUT2D eigenvalue weighted by Crippen LogP contribution is 2.31. The Morgan fingerprint density at radius 2 is 2.00 bits per heavy atom. The highest BCUT2D eigenvalue weighted by molar-refractivity contribution is 6.31. The third kappa shape index (κ3) is 3.01. The molecule has 94 valence electrons. The molecule has 1 aliphatic rings. The molecule has 1 saturated heterocycles. The number of hydrogen-bond donors (Lipinski definition) is 1. The standard InChI is InChI=1S/C14H21ClN2/c1-10(2)17-8-11(7-12(16)9-17)13-5-3-4-6-14(13)15/h3-6,10-12H,7-9,16H2,1-2H3. The highest BCUT2D eigenvalue weighted by atomic mass is 35.5. The first-order valence-electron chi connectivity index (χ1n) is 6.32. The minimum atomic E-state index is 0.257. The summed E-state index contributed by atoms with van der Waals surface area (Å²) < 4.78 is 0. The van der Waals surface area contributed by atoms with E-state index in [1.165, 1.54) is 5.56 Å². The molecule has 1 aliphatic heterocycles. The van der Waals surface area contributed by atoms with Crippen molar-refractivity contribution in [3.63, 3.8) is 0 Å². The molecular formula is C14H21ClN2. The van der Waals surface area contributed by atoms with Crippen molar-refractivity contribution in [2.45, 2.75) is 38.3 Å². The van der Waals surface area contributed by atoms with Crippen molar-refractivity contribution >= 4 is 11.6 Å². The van der Waals surface area contributed by atoms with Crippen molar-refractivity contribution in [3.8, 4) is 0 Å². The van der Waals surface area contributed by atoms with Crippen LogP contribution >= 0.6 is 11.6 Å². The van der Waals surface area contributed by atoms with E-state index in [0.29, 0.717) is 12.0 Å². The number of halogens is 1. The Kier molecular flexibility index (Phi) is 4.08. The van der Waals surface area contributed by atoms with Gasteiger partial charge in [-0.25, -0.2) is 0 Å². The van der Waals surface area contributed by atoms with Gasteiger partial charge in [-0.2, -0.15) is 0 Å². The number of benzene rings is 1. The van der Waals surface area contributed by atoms with Crippen LogP contribution in [0.15, 0.2) is 24.3 Å². The summed E-state index contributed by atoms with van der Waals surface area (Å²) in [6.45, 7) is 6.51. The van der Waals surface area contributed by atoms with Crippen LogP contribution < -0.4 is 5.73 Å². The second kappa shape index (κ2) is 5.38. The molecule has 0 bridgehead atoms. The van der Waals surface area contributed by atoms with Gasteiger partial charge < -0.3 is 5.73 Å². The van der Waals surface area contributed by atoms with Gasteiger partial charge in [-0.1, -0.05) is 29.8 Å². The Morgan fingerprint density at radius 3 is 2.65 bits per heavy atom. The number of nitrogens with two attached hydrogens (primary N) is 1. The van der Waals surface area contributed by atoms with Crippen molar-refractivity contribution < 1.29 is 0 Å². The van der Waals surface area contributed by atoms with E-state index in [1.807, 2.05) is 12.1 Å². The van der Waals surface area contributed by atoms with Crippen LogP contribution in [0.4, 0.5) is 0 Å². The first kappa shape index (κ1) is 12.9. The van der Waals surface area contributed by atoms with Gasteiger partial charge in [0.1, 0.15) is 0 Å². The Morgan fingerprint density at radius 1 is 1.29 bits per heavy atom. The number of rotatable bonds is 2. The Labute approximate surface area is 109 Å². The molecular weight excluding hydrogens is 232 g/mol. The molecule has 1 aromatic rings. The predicted molar refractivity (Wildman–Crippen MR) is 73.5 cm³/mol. The fourth-order valence-corrected chi connectivity index (χ4v) is 2.92. The van der Waals surface area contributed by atoms with E-state index in [4.69, 9.17) is 17.3 Å². The lowest BCUT2D eigenvalue weighted by Gasteiger charge is -2.39. The summed E-state index contributed by atoms with van der Waals surface area (Å²) in [4.78, 5) is 2.45. The second-order valence-corrected chi connectivity index (χ2v) is 5.67. The second-order valence-electron chi connectivity index (χ2n) is 5.26. The number of likely N-dealkylation sites (tertiary alicyclic amines) is 1. The minimum absolute atomic E-state index is 0.257. The average molecular weight is 253 g/mol. The summed E-state index contributed by atoms with van der Waals surface area (Å²) in [6.07, 6.45) is 1.03. The topological polar surface area (TPSA) is 29.3 Å². The first-order valence-corrected chi connectivity index (χ1v) is 6.69. The SMILES string of the molecule is CC(C)N1CC(N)CC(c2ccccc2Cl)C1. The maximum absolute atomic E-state index is 6.27. The lowest BCUT2D eigenvalue weighted by molar-refractivity contribution is 0.152. The Balaban J connectivity index is 2.18. The van der Waals surface area contributed by atoms with Gasteiger partial charge in [0.2, 0.25) is 0 Å². The zero-order valence-electron chi connectivity index (χ0n) is 10.6. The molecule has 2 N–H and O–H groups in total. The average Bonchev–Trinajstić information content (AvgIpc) is 2.28. The van der Waals surface area contributed by atoms with Crippen molar-refractivity contribution in [2.24, 2.45) is 5.73 Å². The zero-order chi connectivity index (χ0) is 12.4. The lowest BCUT2D eigenvalue weighted by Crippen LogP contribution is -2.48. The van der Waals surface area contributed by atoms with Crippen LogP contribution in [0.5, 0.6) is 0 Å². The molecule has 0 aromatic heterocycles. The van der Waals surface area contributed by atoms with Gasteiger partial charge in [-0.3, -0.25) is 4.90 Å². The first-order chi connectivity index (χ1) is 8.08. The monoisotopic (exact) mass is 252 g/mol. The molecule has 2 nitrogen and oxygen atoms in total. The maximum Gasteiger partial charge on any atom is 0.0441 e.